The van der Waals surface area contributed by atoms with Crippen molar-refractivity contribution in [2.45, 2.75) is 63.8 Å². The Balaban J connectivity index is 1.50. The van der Waals surface area contributed by atoms with E-state index in [1.807, 2.05) is 12.1 Å². The van der Waals surface area contributed by atoms with Crippen molar-refractivity contribution < 1.29 is 38.1 Å². The third kappa shape index (κ3) is 5.03. The smallest absolute Gasteiger partial charge is 0.262 e. The summed E-state index contributed by atoms with van der Waals surface area (Å²) in [6.45, 7) is 4.41. The molecule has 206 valence electrons. The Hall–Kier alpha value is -3.71. The first kappa shape index (κ1) is 26.9. The van der Waals surface area contributed by atoms with Gasteiger partial charge in [0.05, 0.1) is 36.7 Å². The van der Waals surface area contributed by atoms with Crippen LogP contribution in [0.1, 0.15) is 47.1 Å². The molecule has 0 aliphatic carbocycles. The Morgan fingerprint density at radius 1 is 1.03 bits per heavy atom. The van der Waals surface area contributed by atoms with Crippen LogP contribution in [-0.2, 0) is 30.3 Å². The second-order valence-electron chi connectivity index (χ2n) is 9.97. The standard InChI is InChI=1S/C27H29N3O9/c1-15(31)29(28-34)13-20-22-23(39-27(2,3)38-22)21(30-24(32)18-7-5-6-8-19(18)25(30)33)26(37-20)36-14-16-9-11-17(35-4)12-10-16/h5-12,20-23,26H,13-14H2,1-4H3/t20-,21-,22+,23-,26?/m1/s1. The molecule has 3 aliphatic rings. The normalized spacial score (nSPS) is 27.2. The zero-order valence-electron chi connectivity index (χ0n) is 21.9. The molecule has 0 aromatic heterocycles. The van der Waals surface area contributed by atoms with E-state index in [0.29, 0.717) is 5.75 Å². The molecule has 39 heavy (non-hydrogen) atoms. The molecular weight excluding hydrogens is 510 g/mol. The topological polar surface area (TPSA) is 133 Å². The number of carbonyl (C=O) groups excluding carboxylic acids is 3. The first-order valence-electron chi connectivity index (χ1n) is 12.5. The average Bonchev–Trinajstić information content (AvgIpc) is 3.38. The zero-order chi connectivity index (χ0) is 27.9. The molecule has 0 saturated carbocycles. The third-order valence-corrected chi connectivity index (χ3v) is 6.97. The fourth-order valence-corrected chi connectivity index (χ4v) is 5.18. The molecule has 12 nitrogen and oxygen atoms in total. The van der Waals surface area contributed by atoms with E-state index in [0.717, 1.165) is 15.5 Å². The van der Waals surface area contributed by atoms with Crippen LogP contribution in [-0.4, -0.2) is 77.7 Å². The molecule has 0 spiro atoms. The minimum atomic E-state index is -1.18. The number of imide groups is 1. The number of nitrogens with zero attached hydrogens (tertiary/aromatic N) is 3. The summed E-state index contributed by atoms with van der Waals surface area (Å²) in [4.78, 5) is 51.5. The predicted octanol–water partition coefficient (Wildman–Crippen LogP) is 2.65. The second-order valence-corrected chi connectivity index (χ2v) is 9.97. The molecular formula is C27H29N3O9. The lowest BCUT2D eigenvalue weighted by molar-refractivity contribution is -0.260. The molecule has 0 radical (unpaired) electrons. The lowest BCUT2D eigenvalue weighted by Crippen LogP contribution is -2.65. The van der Waals surface area contributed by atoms with E-state index in [1.54, 1.807) is 57.4 Å². The van der Waals surface area contributed by atoms with E-state index < -0.39 is 54.2 Å². The van der Waals surface area contributed by atoms with Gasteiger partial charge in [-0.2, -0.15) is 5.01 Å². The van der Waals surface area contributed by atoms with Gasteiger partial charge in [-0.1, -0.05) is 24.3 Å². The molecule has 12 heteroatoms. The summed E-state index contributed by atoms with van der Waals surface area (Å²) in [5.41, 5.74) is 1.31. The van der Waals surface area contributed by atoms with Crippen LogP contribution in [0.4, 0.5) is 0 Å². The van der Waals surface area contributed by atoms with Gasteiger partial charge in [0.1, 0.15) is 30.1 Å². The van der Waals surface area contributed by atoms with Crippen LogP contribution in [0.15, 0.2) is 53.8 Å². The first-order valence-corrected chi connectivity index (χ1v) is 12.5. The summed E-state index contributed by atoms with van der Waals surface area (Å²) >= 11 is 0. The summed E-state index contributed by atoms with van der Waals surface area (Å²) in [6.07, 6.45) is -3.83. The predicted molar refractivity (Wildman–Crippen MR) is 134 cm³/mol. The summed E-state index contributed by atoms with van der Waals surface area (Å²) in [5, 5.41) is 3.52. The minimum Gasteiger partial charge on any atom is -0.497 e. The quantitative estimate of drug-likeness (QED) is 0.282. The number of benzene rings is 2. The fraction of sp³-hybridized carbons (Fsp3) is 0.444. The number of carbonyl (C=O) groups is 3. The molecule has 2 fully saturated rings. The van der Waals surface area contributed by atoms with E-state index in [1.165, 1.54) is 6.92 Å². The molecule has 2 saturated heterocycles. The van der Waals surface area contributed by atoms with Gasteiger partial charge in [-0.05, 0) is 43.7 Å². The number of nitroso groups, excluding NO2 is 1. The molecule has 3 amide bonds. The van der Waals surface area contributed by atoms with Crippen molar-refractivity contribution in [3.05, 3.63) is 70.1 Å². The van der Waals surface area contributed by atoms with E-state index in [-0.39, 0.29) is 24.3 Å². The maximum absolute atomic E-state index is 13.5. The van der Waals surface area contributed by atoms with Gasteiger partial charge >= 0.3 is 0 Å². The van der Waals surface area contributed by atoms with Crippen LogP contribution in [0.2, 0.25) is 0 Å². The number of ether oxygens (including phenoxy) is 5. The number of rotatable bonds is 8. The van der Waals surface area contributed by atoms with Gasteiger partial charge in [0.2, 0.25) is 5.91 Å². The maximum Gasteiger partial charge on any atom is 0.262 e. The molecule has 5 atom stereocenters. The highest BCUT2D eigenvalue weighted by atomic mass is 16.8. The average molecular weight is 540 g/mol. The highest BCUT2D eigenvalue weighted by Gasteiger charge is 2.60. The lowest BCUT2D eigenvalue weighted by Gasteiger charge is -2.45. The molecule has 2 aromatic rings. The molecule has 0 bridgehead atoms. The monoisotopic (exact) mass is 539 g/mol. The van der Waals surface area contributed by atoms with Crippen LogP contribution < -0.4 is 4.74 Å². The van der Waals surface area contributed by atoms with Crippen molar-refractivity contribution in [1.29, 1.82) is 0 Å². The van der Waals surface area contributed by atoms with Crippen molar-refractivity contribution in [3.8, 4) is 5.75 Å². The highest BCUT2D eigenvalue weighted by Crippen LogP contribution is 2.42. The Morgan fingerprint density at radius 3 is 2.21 bits per heavy atom. The summed E-state index contributed by atoms with van der Waals surface area (Å²) in [5.74, 6) is -2.04. The number of methoxy groups -OCH3 is 1. The zero-order valence-corrected chi connectivity index (χ0v) is 21.9. The number of hydrogen-bond donors (Lipinski definition) is 0. The van der Waals surface area contributed by atoms with Gasteiger partial charge in [0, 0.05) is 6.92 Å². The highest BCUT2D eigenvalue weighted by molar-refractivity contribution is 6.21. The van der Waals surface area contributed by atoms with Gasteiger partial charge in [-0.3, -0.25) is 19.3 Å². The van der Waals surface area contributed by atoms with Crippen LogP contribution in [0, 0.1) is 4.91 Å². The van der Waals surface area contributed by atoms with Crippen molar-refractivity contribution in [3.63, 3.8) is 0 Å². The summed E-state index contributed by atoms with van der Waals surface area (Å²) in [6, 6.07) is 12.7. The second kappa shape index (κ2) is 10.5. The largest absolute Gasteiger partial charge is 0.497 e. The van der Waals surface area contributed by atoms with Crippen LogP contribution in [0.25, 0.3) is 0 Å². The van der Waals surface area contributed by atoms with Crippen molar-refractivity contribution in [2.24, 2.45) is 5.29 Å². The Bertz CT molecular complexity index is 1250. The maximum atomic E-state index is 13.5. The van der Waals surface area contributed by atoms with E-state index in [2.05, 4.69) is 5.29 Å². The van der Waals surface area contributed by atoms with Crippen molar-refractivity contribution >= 4 is 17.7 Å². The Labute approximate surface area is 224 Å². The van der Waals surface area contributed by atoms with Crippen molar-refractivity contribution in [2.75, 3.05) is 13.7 Å². The van der Waals surface area contributed by atoms with Gasteiger partial charge in [0.25, 0.3) is 11.8 Å². The van der Waals surface area contributed by atoms with E-state index >= 15 is 0 Å². The van der Waals surface area contributed by atoms with E-state index in [9.17, 15) is 19.3 Å². The number of fused-ring (bicyclic) bond motifs is 2. The lowest BCUT2D eigenvalue weighted by atomic mass is 9.95. The first-order chi connectivity index (χ1) is 18.6. The molecule has 2 aromatic carbocycles. The molecule has 3 heterocycles. The van der Waals surface area contributed by atoms with E-state index in [4.69, 9.17) is 23.7 Å². The summed E-state index contributed by atoms with van der Waals surface area (Å²) in [7, 11) is 1.56. The molecule has 0 N–H and O–H groups in total. The van der Waals surface area contributed by atoms with Gasteiger partial charge in [0.15, 0.2) is 12.1 Å². The van der Waals surface area contributed by atoms with Gasteiger partial charge in [-0.15, -0.1) is 4.91 Å². The van der Waals surface area contributed by atoms with Crippen LogP contribution >= 0.6 is 0 Å². The third-order valence-electron chi connectivity index (χ3n) is 6.97. The Morgan fingerprint density at radius 2 is 1.64 bits per heavy atom. The fourth-order valence-electron chi connectivity index (χ4n) is 5.18. The molecule has 1 unspecified atom stereocenters. The molecule has 3 aliphatic heterocycles. The minimum absolute atomic E-state index is 0.0606. The van der Waals surface area contributed by atoms with Crippen LogP contribution in [0.3, 0.4) is 0 Å². The number of hydrogen-bond acceptors (Lipinski definition) is 10. The SMILES string of the molecule is COc1ccc(COC2O[C@H](CN(N=O)C(C)=O)[C@@H]3OC(C)(C)O[C@@H]3[C@H]2N2C(=O)c3ccccc3C2=O)cc1. The van der Waals surface area contributed by atoms with Crippen molar-refractivity contribution in [1.82, 2.24) is 9.91 Å². The number of amides is 3. The van der Waals surface area contributed by atoms with Gasteiger partial charge < -0.3 is 23.7 Å². The Kier molecular flexibility index (Phi) is 7.21. The van der Waals surface area contributed by atoms with Gasteiger partial charge in [-0.25, -0.2) is 0 Å². The molecule has 5 rings (SSSR count). The van der Waals surface area contributed by atoms with Crippen LogP contribution in [0.5, 0.6) is 5.75 Å². The summed E-state index contributed by atoms with van der Waals surface area (Å²) < 4.78 is 30.0.